The van der Waals surface area contributed by atoms with Gasteiger partial charge in [-0.1, -0.05) is 18.2 Å². The van der Waals surface area contributed by atoms with Crippen LogP contribution in [0.3, 0.4) is 0 Å². The van der Waals surface area contributed by atoms with Crippen molar-refractivity contribution in [2.45, 2.75) is 6.42 Å². The minimum absolute atomic E-state index is 0.121. The summed E-state index contributed by atoms with van der Waals surface area (Å²) in [7, 11) is 0. The first-order chi connectivity index (χ1) is 11.3. The molecule has 0 saturated heterocycles. The van der Waals surface area contributed by atoms with Crippen LogP contribution in [0.5, 0.6) is 0 Å². The van der Waals surface area contributed by atoms with Crippen LogP contribution in [0.4, 0.5) is 0 Å². The van der Waals surface area contributed by atoms with Gasteiger partial charge >= 0.3 is 0 Å². The molecule has 1 aromatic carbocycles. The molecule has 3 heterocycles. The Hall–Kier alpha value is -2.44. The second kappa shape index (κ2) is 5.98. The predicted molar refractivity (Wildman–Crippen MR) is 97.4 cm³/mol. The van der Waals surface area contributed by atoms with Crippen molar-refractivity contribution in [3.05, 3.63) is 58.4 Å². The molecule has 2 N–H and O–H groups in total. The Morgan fingerprint density at radius 1 is 1.26 bits per heavy atom. The summed E-state index contributed by atoms with van der Waals surface area (Å²) in [5, 5.41) is 7.21. The molecule has 0 aliphatic rings. The van der Waals surface area contributed by atoms with E-state index in [1.807, 2.05) is 30.5 Å². The maximum Gasteiger partial charge on any atom is 0.244 e. The fourth-order valence-electron chi connectivity index (χ4n) is 2.51. The molecule has 0 atom stereocenters. The SMILES string of the molecule is O=C(Cc1c[nH]c2ccccc12)N/N=C/c1cc2sccc2s1. The lowest BCUT2D eigenvalue weighted by molar-refractivity contribution is -0.120. The highest BCUT2D eigenvalue weighted by atomic mass is 32.1. The number of hydrogen-bond acceptors (Lipinski definition) is 4. The van der Waals surface area contributed by atoms with E-state index in [1.54, 1.807) is 28.9 Å². The highest BCUT2D eigenvalue weighted by molar-refractivity contribution is 7.27. The van der Waals surface area contributed by atoms with Gasteiger partial charge < -0.3 is 4.98 Å². The van der Waals surface area contributed by atoms with E-state index in [2.05, 4.69) is 33.0 Å². The number of nitrogens with zero attached hydrogens (tertiary/aromatic N) is 1. The summed E-state index contributed by atoms with van der Waals surface area (Å²) in [5.41, 5.74) is 4.61. The zero-order valence-electron chi connectivity index (χ0n) is 12.1. The highest BCUT2D eigenvalue weighted by Crippen LogP contribution is 2.28. The lowest BCUT2D eigenvalue weighted by Gasteiger charge is -1.98. The molecule has 0 aliphatic heterocycles. The summed E-state index contributed by atoms with van der Waals surface area (Å²) >= 11 is 3.38. The summed E-state index contributed by atoms with van der Waals surface area (Å²) < 4.78 is 2.50. The second-order valence-corrected chi connectivity index (χ2v) is 7.19. The minimum Gasteiger partial charge on any atom is -0.361 e. The Morgan fingerprint density at radius 2 is 2.17 bits per heavy atom. The standard InChI is InChI=1S/C17H13N3OS2/c21-17(7-11-9-18-14-4-2-1-3-13(11)14)20-19-10-12-8-16-15(23-12)5-6-22-16/h1-6,8-10,18H,7H2,(H,20,21)/b19-10+. The molecule has 114 valence electrons. The second-order valence-electron chi connectivity index (χ2n) is 5.13. The monoisotopic (exact) mass is 339 g/mol. The number of carbonyl (C=O) groups excluding carboxylic acids is 1. The molecule has 0 radical (unpaired) electrons. The van der Waals surface area contributed by atoms with Gasteiger partial charge in [0.2, 0.25) is 5.91 Å². The van der Waals surface area contributed by atoms with E-state index in [9.17, 15) is 4.79 Å². The van der Waals surface area contributed by atoms with Gasteiger partial charge in [0.15, 0.2) is 0 Å². The molecule has 4 nitrogen and oxygen atoms in total. The van der Waals surface area contributed by atoms with Crippen LogP contribution >= 0.6 is 22.7 Å². The van der Waals surface area contributed by atoms with Crippen molar-refractivity contribution in [2.24, 2.45) is 5.10 Å². The Labute approximate surface area is 140 Å². The third-order valence-electron chi connectivity index (χ3n) is 3.57. The number of amides is 1. The maximum atomic E-state index is 12.0. The minimum atomic E-state index is -0.121. The average molecular weight is 339 g/mol. The molecule has 4 aromatic rings. The summed E-state index contributed by atoms with van der Waals surface area (Å²) in [6.45, 7) is 0. The number of hydrazone groups is 1. The highest BCUT2D eigenvalue weighted by Gasteiger charge is 2.07. The molecule has 23 heavy (non-hydrogen) atoms. The van der Waals surface area contributed by atoms with Gasteiger partial charge in [-0.25, -0.2) is 5.43 Å². The lowest BCUT2D eigenvalue weighted by Crippen LogP contribution is -2.19. The zero-order valence-corrected chi connectivity index (χ0v) is 13.7. The number of hydrogen-bond donors (Lipinski definition) is 2. The first kappa shape index (κ1) is 14.2. The first-order valence-corrected chi connectivity index (χ1v) is 8.83. The number of thiophene rings is 2. The Morgan fingerprint density at radius 3 is 3.09 bits per heavy atom. The number of benzene rings is 1. The van der Waals surface area contributed by atoms with Gasteiger partial charge in [0.05, 0.1) is 12.6 Å². The molecule has 0 aliphatic carbocycles. The van der Waals surface area contributed by atoms with Crippen LogP contribution in [0.25, 0.3) is 20.3 Å². The number of para-hydroxylation sites is 1. The summed E-state index contributed by atoms with van der Waals surface area (Å²) in [6.07, 6.45) is 3.88. The van der Waals surface area contributed by atoms with Gasteiger partial charge in [-0.2, -0.15) is 5.10 Å². The van der Waals surface area contributed by atoms with Crippen molar-refractivity contribution in [2.75, 3.05) is 0 Å². The molecule has 3 aromatic heterocycles. The van der Waals surface area contributed by atoms with Crippen LogP contribution in [0.15, 0.2) is 53.1 Å². The van der Waals surface area contributed by atoms with Gasteiger partial charge in [0.1, 0.15) is 0 Å². The number of aromatic amines is 1. The van der Waals surface area contributed by atoms with E-state index in [0.717, 1.165) is 21.3 Å². The molecular formula is C17H13N3OS2. The van der Waals surface area contributed by atoms with Crippen LogP contribution in [0, 0.1) is 0 Å². The van der Waals surface area contributed by atoms with Crippen LogP contribution in [-0.2, 0) is 11.2 Å². The van der Waals surface area contributed by atoms with Gasteiger partial charge in [0.25, 0.3) is 0 Å². The van der Waals surface area contributed by atoms with Gasteiger partial charge in [0, 0.05) is 31.4 Å². The van der Waals surface area contributed by atoms with Crippen LogP contribution < -0.4 is 5.43 Å². The smallest absolute Gasteiger partial charge is 0.244 e. The molecule has 0 unspecified atom stereocenters. The number of nitrogens with one attached hydrogen (secondary N) is 2. The summed E-state index contributed by atoms with van der Waals surface area (Å²) in [4.78, 5) is 16.2. The Bertz CT molecular complexity index is 981. The van der Waals surface area contributed by atoms with Gasteiger partial charge in [-0.15, -0.1) is 22.7 Å². The maximum absolute atomic E-state index is 12.0. The Balaban J connectivity index is 1.41. The van der Waals surface area contributed by atoms with E-state index < -0.39 is 0 Å². The number of aromatic nitrogens is 1. The lowest BCUT2D eigenvalue weighted by atomic mass is 10.1. The summed E-state index contributed by atoms with van der Waals surface area (Å²) in [5.74, 6) is -0.121. The molecule has 4 rings (SSSR count). The largest absolute Gasteiger partial charge is 0.361 e. The molecule has 0 saturated carbocycles. The first-order valence-electron chi connectivity index (χ1n) is 7.13. The van der Waals surface area contributed by atoms with Gasteiger partial charge in [-0.3, -0.25) is 4.79 Å². The number of carbonyl (C=O) groups is 1. The van der Waals surface area contributed by atoms with E-state index in [4.69, 9.17) is 0 Å². The Kier molecular flexibility index (Phi) is 3.69. The van der Waals surface area contributed by atoms with Crippen LogP contribution in [0.1, 0.15) is 10.4 Å². The fourth-order valence-corrected chi connectivity index (χ4v) is 4.50. The van der Waals surface area contributed by atoms with Crippen molar-refractivity contribution >= 4 is 55.1 Å². The van der Waals surface area contributed by atoms with Crippen molar-refractivity contribution < 1.29 is 4.79 Å². The van der Waals surface area contributed by atoms with Crippen LogP contribution in [0.2, 0.25) is 0 Å². The molecule has 0 spiro atoms. The van der Waals surface area contributed by atoms with Crippen molar-refractivity contribution in [3.63, 3.8) is 0 Å². The van der Waals surface area contributed by atoms with Crippen molar-refractivity contribution in [1.29, 1.82) is 0 Å². The normalized spacial score (nSPS) is 11.7. The molecule has 1 amide bonds. The molecular weight excluding hydrogens is 326 g/mol. The molecule has 6 heteroatoms. The summed E-state index contributed by atoms with van der Waals surface area (Å²) in [6, 6.07) is 12.1. The van der Waals surface area contributed by atoms with Crippen molar-refractivity contribution in [1.82, 2.24) is 10.4 Å². The number of rotatable bonds is 4. The quantitative estimate of drug-likeness (QED) is 0.426. The fraction of sp³-hybridized carbons (Fsp3) is 0.0588. The van der Waals surface area contributed by atoms with Gasteiger partial charge in [-0.05, 0) is 29.1 Å². The van der Waals surface area contributed by atoms with E-state index in [-0.39, 0.29) is 5.91 Å². The average Bonchev–Trinajstić information content (AvgIpc) is 3.22. The molecule has 0 fully saturated rings. The van der Waals surface area contributed by atoms with E-state index >= 15 is 0 Å². The van der Waals surface area contributed by atoms with Crippen LogP contribution in [-0.4, -0.2) is 17.1 Å². The predicted octanol–water partition coefficient (Wildman–Crippen LogP) is 4.14. The number of fused-ring (bicyclic) bond motifs is 2. The topological polar surface area (TPSA) is 57.2 Å². The third-order valence-corrected chi connectivity index (χ3v) is 5.59. The van der Waals surface area contributed by atoms with E-state index in [0.29, 0.717) is 6.42 Å². The van der Waals surface area contributed by atoms with Crippen molar-refractivity contribution in [3.8, 4) is 0 Å². The third kappa shape index (κ3) is 2.91. The number of H-pyrrole nitrogens is 1. The zero-order chi connectivity index (χ0) is 15.6. The molecule has 0 bridgehead atoms. The van der Waals surface area contributed by atoms with E-state index in [1.165, 1.54) is 9.40 Å².